The van der Waals surface area contributed by atoms with Gasteiger partial charge in [-0.25, -0.2) is 19.4 Å². The molecule has 1 amide bonds. The molecule has 0 saturated carbocycles. The fourth-order valence-corrected chi connectivity index (χ4v) is 6.73. The molecular weight excluding hydrogens is 637 g/mol. The van der Waals surface area contributed by atoms with Crippen LogP contribution in [0.2, 0.25) is 5.15 Å². The molecule has 3 N–H and O–H groups in total. The molecule has 0 spiro atoms. The summed E-state index contributed by atoms with van der Waals surface area (Å²) in [6, 6.07) is 9.26. The molecule has 1 atom stereocenters. The number of aromatic nitrogens is 4. The van der Waals surface area contributed by atoms with Crippen LogP contribution in [0.4, 0.5) is 5.82 Å². The van der Waals surface area contributed by atoms with Crippen LogP contribution in [0.1, 0.15) is 71.2 Å². The number of pyridine rings is 2. The Kier molecular flexibility index (Phi) is 12.6. The monoisotopic (exact) mass is 681 g/mol. The first-order valence-electron chi connectivity index (χ1n) is 15.1. The summed E-state index contributed by atoms with van der Waals surface area (Å²) < 4.78 is 35.5. The van der Waals surface area contributed by atoms with Crippen LogP contribution in [0.3, 0.4) is 0 Å². The number of sulfonamides is 1. The van der Waals surface area contributed by atoms with Crippen molar-refractivity contribution in [3.05, 3.63) is 53.3 Å². The summed E-state index contributed by atoms with van der Waals surface area (Å²) in [7, 11) is -4.27. The number of halogens is 2. The van der Waals surface area contributed by atoms with E-state index in [4.69, 9.17) is 16.3 Å². The van der Waals surface area contributed by atoms with Gasteiger partial charge in [0.15, 0.2) is 10.8 Å². The first kappa shape index (κ1) is 36.5. The number of rotatable bonds is 14. The molecule has 1 aliphatic heterocycles. The fourth-order valence-electron chi connectivity index (χ4n) is 5.56. The van der Waals surface area contributed by atoms with Crippen molar-refractivity contribution < 1.29 is 17.9 Å². The molecule has 1 fully saturated rings. The zero-order chi connectivity index (χ0) is 32.1. The third-order valence-corrected chi connectivity index (χ3v) is 9.52. The van der Waals surface area contributed by atoms with Gasteiger partial charge in [-0.05, 0) is 87.6 Å². The topological polar surface area (TPSA) is 140 Å². The molecule has 0 bridgehead atoms. The number of nitrogens with zero attached hydrogens (tertiary/aromatic N) is 4. The Morgan fingerprint density at radius 2 is 1.87 bits per heavy atom. The molecule has 3 aromatic rings. The second-order valence-corrected chi connectivity index (χ2v) is 14.8. The van der Waals surface area contributed by atoms with Gasteiger partial charge in [0.2, 0.25) is 5.88 Å². The third-order valence-electron chi connectivity index (χ3n) is 8.00. The standard InChI is InChI=1S/C31H44ClN7O4S.ClH/c1-20(2)24(21(3)4)19-43-27-14-16-39(37-27)26-13-12-23(29(32)36-26)30(40)38-44(41,42)28-11-7-10-25(35-28)33-15-8-9-22-17-31(5,6)34-18-22;/h7,10-14,16,20-22,24,34H,8-9,15,17-19H2,1-6H3,(H,33,35)(H,38,40);1H/t22-;/m0./s1. The van der Waals surface area contributed by atoms with Gasteiger partial charge in [0.05, 0.1) is 12.2 Å². The Morgan fingerprint density at radius 3 is 2.51 bits per heavy atom. The molecular formula is C31H45Cl2N7O4S. The van der Waals surface area contributed by atoms with Crippen LogP contribution in [0.15, 0.2) is 47.6 Å². The van der Waals surface area contributed by atoms with E-state index in [1.165, 1.54) is 22.9 Å². The van der Waals surface area contributed by atoms with Crippen molar-refractivity contribution in [3.8, 4) is 11.7 Å². The molecule has 1 aliphatic rings. The van der Waals surface area contributed by atoms with Crippen LogP contribution in [-0.2, 0) is 10.0 Å². The smallest absolute Gasteiger partial charge is 0.281 e. The van der Waals surface area contributed by atoms with Gasteiger partial charge >= 0.3 is 0 Å². The molecule has 1 saturated heterocycles. The van der Waals surface area contributed by atoms with Gasteiger partial charge in [-0.15, -0.1) is 17.5 Å². The minimum atomic E-state index is -4.27. The van der Waals surface area contributed by atoms with Crippen molar-refractivity contribution in [2.24, 2.45) is 23.7 Å². The van der Waals surface area contributed by atoms with Crippen LogP contribution >= 0.6 is 24.0 Å². The molecule has 248 valence electrons. The molecule has 14 heteroatoms. The molecule has 45 heavy (non-hydrogen) atoms. The highest BCUT2D eigenvalue weighted by Gasteiger charge is 2.29. The largest absolute Gasteiger partial charge is 0.476 e. The predicted molar refractivity (Wildman–Crippen MR) is 179 cm³/mol. The van der Waals surface area contributed by atoms with E-state index < -0.39 is 15.9 Å². The molecule has 11 nitrogen and oxygen atoms in total. The number of anilines is 1. The molecule has 0 unspecified atom stereocenters. The summed E-state index contributed by atoms with van der Waals surface area (Å²) in [5.41, 5.74) is 0.0804. The van der Waals surface area contributed by atoms with Gasteiger partial charge in [-0.3, -0.25) is 4.79 Å². The van der Waals surface area contributed by atoms with E-state index in [9.17, 15) is 13.2 Å². The first-order valence-corrected chi connectivity index (χ1v) is 17.0. The number of hydrogen-bond donors (Lipinski definition) is 3. The van der Waals surface area contributed by atoms with Gasteiger partial charge in [-0.1, -0.05) is 45.4 Å². The van der Waals surface area contributed by atoms with Crippen molar-refractivity contribution in [2.75, 3.05) is 25.0 Å². The molecule has 0 aliphatic carbocycles. The summed E-state index contributed by atoms with van der Waals surface area (Å²) in [6.07, 6.45) is 4.81. The number of carbonyl (C=O) groups excluding carboxylic acids is 1. The lowest BCUT2D eigenvalue weighted by molar-refractivity contribution is 0.0981. The Hall–Kier alpha value is -2.93. The highest BCUT2D eigenvalue weighted by atomic mass is 35.5. The Labute approximate surface area is 277 Å². The summed E-state index contributed by atoms with van der Waals surface area (Å²) >= 11 is 6.32. The minimum absolute atomic E-state index is 0. The Morgan fingerprint density at radius 1 is 1.13 bits per heavy atom. The average molecular weight is 683 g/mol. The van der Waals surface area contributed by atoms with Crippen molar-refractivity contribution >= 4 is 45.8 Å². The molecule has 3 aromatic heterocycles. The summed E-state index contributed by atoms with van der Waals surface area (Å²) in [4.78, 5) is 21.4. The molecule has 4 rings (SSSR count). The second kappa shape index (κ2) is 15.6. The van der Waals surface area contributed by atoms with Crippen LogP contribution in [0, 0.1) is 23.7 Å². The van der Waals surface area contributed by atoms with Gasteiger partial charge in [0.25, 0.3) is 15.9 Å². The van der Waals surface area contributed by atoms with Crippen LogP contribution in [-0.4, -0.2) is 59.3 Å². The maximum absolute atomic E-state index is 13.0. The summed E-state index contributed by atoms with van der Waals surface area (Å²) in [5, 5.41) is 10.7. The average Bonchev–Trinajstić information content (AvgIpc) is 3.56. The summed E-state index contributed by atoms with van der Waals surface area (Å²) in [5.74, 6) is 2.25. The number of nitrogens with one attached hydrogen (secondary N) is 3. The number of carbonyl (C=O) groups is 1. The van der Waals surface area contributed by atoms with Crippen molar-refractivity contribution in [1.82, 2.24) is 29.8 Å². The number of hydrogen-bond acceptors (Lipinski definition) is 9. The lowest BCUT2D eigenvalue weighted by Crippen LogP contribution is -2.31. The van der Waals surface area contributed by atoms with Gasteiger partial charge in [-0.2, -0.15) is 8.42 Å². The SMILES string of the molecule is CC(C)C(COc1ccn(-c2ccc(C(=O)NS(=O)(=O)c3cccc(NCCC[C@@H]4CNC(C)(C)C4)n3)c(Cl)n2)n1)C(C)C.Cl. The van der Waals surface area contributed by atoms with E-state index in [1.54, 1.807) is 24.4 Å². The quantitative estimate of drug-likeness (QED) is 0.143. The fraction of sp³-hybridized carbons (Fsp3) is 0.548. The van der Waals surface area contributed by atoms with Crippen LogP contribution in [0.25, 0.3) is 5.82 Å². The van der Waals surface area contributed by atoms with Crippen LogP contribution < -0.4 is 20.1 Å². The van der Waals surface area contributed by atoms with E-state index in [-0.39, 0.29) is 33.7 Å². The predicted octanol–water partition coefficient (Wildman–Crippen LogP) is 5.74. The number of ether oxygens (including phenoxy) is 1. The third kappa shape index (κ3) is 10.0. The molecule has 0 aromatic carbocycles. The van der Waals surface area contributed by atoms with Crippen LogP contribution in [0.5, 0.6) is 5.88 Å². The van der Waals surface area contributed by atoms with E-state index in [2.05, 4.69) is 67.2 Å². The maximum atomic E-state index is 13.0. The second-order valence-electron chi connectivity index (χ2n) is 12.8. The van der Waals surface area contributed by atoms with E-state index in [0.717, 1.165) is 25.8 Å². The molecule has 4 heterocycles. The van der Waals surface area contributed by atoms with Gasteiger partial charge in [0.1, 0.15) is 11.0 Å². The van der Waals surface area contributed by atoms with Gasteiger partial charge in [0, 0.05) is 24.3 Å². The lowest BCUT2D eigenvalue weighted by Gasteiger charge is -2.24. The Balaban J connectivity index is 0.00000552. The molecule has 0 radical (unpaired) electrons. The van der Waals surface area contributed by atoms with E-state index in [0.29, 0.717) is 54.3 Å². The minimum Gasteiger partial charge on any atom is -0.476 e. The van der Waals surface area contributed by atoms with Gasteiger partial charge < -0.3 is 15.4 Å². The first-order chi connectivity index (χ1) is 20.7. The lowest BCUT2D eigenvalue weighted by atomic mass is 9.86. The van der Waals surface area contributed by atoms with E-state index >= 15 is 0 Å². The van der Waals surface area contributed by atoms with Crippen molar-refractivity contribution in [3.63, 3.8) is 0 Å². The highest BCUT2D eigenvalue weighted by Crippen LogP contribution is 2.27. The maximum Gasteiger partial charge on any atom is 0.281 e. The zero-order valence-electron chi connectivity index (χ0n) is 26.7. The zero-order valence-corrected chi connectivity index (χ0v) is 29.1. The van der Waals surface area contributed by atoms with E-state index in [1.807, 2.05) is 4.72 Å². The summed E-state index contributed by atoms with van der Waals surface area (Å²) in [6.45, 7) is 15.3. The Bertz CT molecular complexity index is 1540. The van der Waals surface area contributed by atoms with Crippen molar-refractivity contribution in [1.29, 1.82) is 0 Å². The highest BCUT2D eigenvalue weighted by molar-refractivity contribution is 7.90. The van der Waals surface area contributed by atoms with Crippen molar-refractivity contribution in [2.45, 2.75) is 71.4 Å². The number of amides is 1. The normalized spacial score (nSPS) is 16.2.